The van der Waals surface area contributed by atoms with E-state index in [1.807, 2.05) is 0 Å². The molecule has 0 bridgehead atoms. The molecule has 3 rings (SSSR count). The van der Waals surface area contributed by atoms with Crippen molar-refractivity contribution in [2.75, 3.05) is 0 Å². The number of aromatic nitrogens is 2. The maximum Gasteiger partial charge on any atom is 0.416 e. The Bertz CT molecular complexity index is 872. The van der Waals surface area contributed by atoms with Crippen molar-refractivity contribution in [2.24, 2.45) is 0 Å². The van der Waals surface area contributed by atoms with Gasteiger partial charge in [0.05, 0.1) is 16.8 Å². The molecule has 0 saturated carbocycles. The molecule has 0 saturated heterocycles. The first-order valence-corrected chi connectivity index (χ1v) is 7.82. The lowest BCUT2D eigenvalue weighted by Crippen LogP contribution is -2.04. The Kier molecular flexibility index (Phi) is 4.86. The second kappa shape index (κ2) is 6.84. The van der Waals surface area contributed by atoms with E-state index in [-0.39, 0.29) is 16.7 Å². The molecule has 140 valence electrons. The highest BCUT2D eigenvalue weighted by molar-refractivity contribution is 6.29. The minimum atomic E-state index is -4.47. The van der Waals surface area contributed by atoms with Gasteiger partial charge >= 0.3 is 12.4 Å². The minimum absolute atomic E-state index is 0.00907. The molecule has 0 unspecified atom stereocenters. The zero-order chi connectivity index (χ0) is 19.8. The van der Waals surface area contributed by atoms with E-state index in [1.54, 1.807) is 0 Å². The van der Waals surface area contributed by atoms with Crippen LogP contribution in [0.25, 0.3) is 22.6 Å². The van der Waals surface area contributed by atoms with Gasteiger partial charge in [0.2, 0.25) is 0 Å². The average molecular weight is 403 g/mol. The number of alkyl halides is 6. The summed E-state index contributed by atoms with van der Waals surface area (Å²) in [5, 5.41) is 0.00907. The molecule has 9 heteroatoms. The van der Waals surface area contributed by atoms with Gasteiger partial charge in [-0.25, -0.2) is 9.97 Å². The molecule has 0 spiro atoms. The molecule has 2 aromatic carbocycles. The quantitative estimate of drug-likeness (QED) is 0.361. The van der Waals surface area contributed by atoms with Crippen LogP contribution < -0.4 is 0 Å². The third-order valence-electron chi connectivity index (χ3n) is 3.67. The van der Waals surface area contributed by atoms with Crippen molar-refractivity contribution in [2.45, 2.75) is 12.4 Å². The van der Waals surface area contributed by atoms with Crippen molar-refractivity contribution in [3.63, 3.8) is 0 Å². The summed E-state index contributed by atoms with van der Waals surface area (Å²) in [4.78, 5) is 8.17. The molecule has 27 heavy (non-hydrogen) atoms. The minimum Gasteiger partial charge on any atom is -0.228 e. The largest absolute Gasteiger partial charge is 0.416 e. The standard InChI is InChI=1S/C18H9ClF6N2/c19-15-9-14(10-1-5-12(6-2-10)17(20,21)22)26-16(27-15)11-3-7-13(8-4-11)18(23,24)25/h1-9H. The molecule has 0 fully saturated rings. The van der Waals surface area contributed by atoms with Crippen LogP contribution in [0, 0.1) is 0 Å². The lowest BCUT2D eigenvalue weighted by molar-refractivity contribution is -0.138. The van der Waals surface area contributed by atoms with Crippen molar-refractivity contribution < 1.29 is 26.3 Å². The second-order valence-electron chi connectivity index (χ2n) is 5.55. The van der Waals surface area contributed by atoms with E-state index < -0.39 is 23.5 Å². The summed E-state index contributed by atoms with van der Waals surface area (Å²) >= 11 is 5.95. The number of benzene rings is 2. The van der Waals surface area contributed by atoms with Gasteiger partial charge in [0.15, 0.2) is 5.82 Å². The molecule has 0 aliphatic heterocycles. The lowest BCUT2D eigenvalue weighted by Gasteiger charge is -2.10. The van der Waals surface area contributed by atoms with Gasteiger partial charge in [-0.15, -0.1) is 0 Å². The summed E-state index contributed by atoms with van der Waals surface area (Å²) in [6, 6.07) is 9.81. The van der Waals surface area contributed by atoms with Crippen molar-refractivity contribution in [1.82, 2.24) is 9.97 Å². The lowest BCUT2D eigenvalue weighted by atomic mass is 10.1. The van der Waals surface area contributed by atoms with Crippen LogP contribution in [-0.2, 0) is 12.4 Å². The Balaban J connectivity index is 1.97. The summed E-state index contributed by atoms with van der Waals surface area (Å²) in [6.45, 7) is 0. The number of hydrogen-bond acceptors (Lipinski definition) is 2. The summed E-state index contributed by atoms with van der Waals surface area (Å²) < 4.78 is 76.0. The molecule has 0 aliphatic carbocycles. The molecule has 0 amide bonds. The van der Waals surface area contributed by atoms with Crippen LogP contribution in [0.3, 0.4) is 0 Å². The van der Waals surface area contributed by atoms with Gasteiger partial charge in [0, 0.05) is 17.2 Å². The Labute approximate surface area is 154 Å². The van der Waals surface area contributed by atoms with Crippen molar-refractivity contribution in [1.29, 1.82) is 0 Å². The zero-order valence-corrected chi connectivity index (χ0v) is 14.0. The van der Waals surface area contributed by atoms with Crippen LogP contribution in [0.15, 0.2) is 54.6 Å². The first-order chi connectivity index (χ1) is 12.5. The summed E-state index contributed by atoms with van der Waals surface area (Å²) in [5.74, 6) is 0.0612. The van der Waals surface area contributed by atoms with Crippen molar-refractivity contribution >= 4 is 11.6 Å². The van der Waals surface area contributed by atoms with Gasteiger partial charge in [0.1, 0.15) is 5.15 Å². The molecule has 0 radical (unpaired) electrons. The predicted octanol–water partition coefficient (Wildman–Crippen LogP) is 6.50. The highest BCUT2D eigenvalue weighted by Crippen LogP contribution is 2.33. The first-order valence-electron chi connectivity index (χ1n) is 7.44. The number of nitrogens with zero attached hydrogens (tertiary/aromatic N) is 2. The third-order valence-corrected chi connectivity index (χ3v) is 3.87. The fourth-order valence-electron chi connectivity index (χ4n) is 2.33. The van der Waals surface area contributed by atoms with Crippen LogP contribution >= 0.6 is 11.6 Å². The fourth-order valence-corrected chi connectivity index (χ4v) is 2.52. The van der Waals surface area contributed by atoms with Crippen LogP contribution in [0.4, 0.5) is 26.3 Å². The van der Waals surface area contributed by atoms with Crippen LogP contribution in [0.1, 0.15) is 11.1 Å². The maximum atomic E-state index is 12.7. The molecule has 1 heterocycles. The molecule has 2 nitrogen and oxygen atoms in total. The second-order valence-corrected chi connectivity index (χ2v) is 5.94. The van der Waals surface area contributed by atoms with Gasteiger partial charge < -0.3 is 0 Å². The van der Waals surface area contributed by atoms with Gasteiger partial charge in [-0.05, 0) is 24.3 Å². The topological polar surface area (TPSA) is 25.8 Å². The van der Waals surface area contributed by atoms with Gasteiger partial charge in [0.25, 0.3) is 0 Å². The Morgan fingerprint density at radius 1 is 0.630 bits per heavy atom. The highest BCUT2D eigenvalue weighted by atomic mass is 35.5. The number of hydrogen-bond donors (Lipinski definition) is 0. The van der Waals surface area contributed by atoms with E-state index >= 15 is 0 Å². The molecular formula is C18H9ClF6N2. The van der Waals surface area contributed by atoms with E-state index in [4.69, 9.17) is 11.6 Å². The van der Waals surface area contributed by atoms with Crippen molar-refractivity contribution in [3.8, 4) is 22.6 Å². The molecule has 0 N–H and O–H groups in total. The molecule has 0 aliphatic rings. The Hall–Kier alpha value is -2.61. The van der Waals surface area contributed by atoms with E-state index in [0.29, 0.717) is 11.1 Å². The molecule has 0 atom stereocenters. The van der Waals surface area contributed by atoms with Gasteiger partial charge in [-0.2, -0.15) is 26.3 Å². The number of rotatable bonds is 2. The Morgan fingerprint density at radius 3 is 1.52 bits per heavy atom. The Morgan fingerprint density at radius 2 is 1.07 bits per heavy atom. The van der Waals surface area contributed by atoms with E-state index in [2.05, 4.69) is 9.97 Å². The first kappa shape index (κ1) is 19.2. The average Bonchev–Trinajstić information content (AvgIpc) is 2.60. The van der Waals surface area contributed by atoms with E-state index in [0.717, 1.165) is 24.3 Å². The smallest absolute Gasteiger partial charge is 0.228 e. The van der Waals surface area contributed by atoms with Gasteiger partial charge in [-0.1, -0.05) is 35.9 Å². The zero-order valence-electron chi connectivity index (χ0n) is 13.2. The van der Waals surface area contributed by atoms with Crippen molar-refractivity contribution in [3.05, 3.63) is 70.9 Å². The van der Waals surface area contributed by atoms with Crippen LogP contribution in [0.5, 0.6) is 0 Å². The summed E-state index contributed by atoms with van der Waals surface area (Å²) in [5.41, 5.74) is -0.733. The fraction of sp³-hybridized carbons (Fsp3) is 0.111. The highest BCUT2D eigenvalue weighted by Gasteiger charge is 2.31. The van der Waals surface area contributed by atoms with E-state index in [9.17, 15) is 26.3 Å². The van der Waals surface area contributed by atoms with Gasteiger partial charge in [-0.3, -0.25) is 0 Å². The maximum absolute atomic E-state index is 12.7. The number of halogens is 7. The SMILES string of the molecule is FC(F)(F)c1ccc(-c2cc(Cl)nc(-c3ccc(C(F)(F)F)cc3)n2)cc1. The summed E-state index contributed by atoms with van der Waals surface area (Å²) in [6.07, 6.45) is -8.94. The van der Waals surface area contributed by atoms with Crippen LogP contribution in [0.2, 0.25) is 5.15 Å². The monoisotopic (exact) mass is 402 g/mol. The predicted molar refractivity (Wildman–Crippen MR) is 87.9 cm³/mol. The van der Waals surface area contributed by atoms with Crippen LogP contribution in [-0.4, -0.2) is 9.97 Å². The molecule has 3 aromatic rings. The normalized spacial score (nSPS) is 12.3. The summed E-state index contributed by atoms with van der Waals surface area (Å²) in [7, 11) is 0. The molecular weight excluding hydrogens is 394 g/mol. The van der Waals surface area contributed by atoms with E-state index in [1.165, 1.54) is 30.3 Å². The molecule has 1 aromatic heterocycles. The third kappa shape index (κ3) is 4.39.